The molecule has 4 rings (SSSR count). The number of likely N-dealkylation sites (N-methyl/N-ethyl adjacent to an activating group) is 1. The number of Topliss-reactive ketones (excluding diaryl/α,β-unsaturated/α-hetero) is 1. The Bertz CT molecular complexity index is 1010. The van der Waals surface area contributed by atoms with Crippen molar-refractivity contribution in [3.63, 3.8) is 0 Å². The van der Waals surface area contributed by atoms with Crippen LogP contribution in [0.4, 0.5) is 0 Å². The van der Waals surface area contributed by atoms with E-state index in [1.54, 1.807) is 12.1 Å². The van der Waals surface area contributed by atoms with Crippen LogP contribution in [0.15, 0.2) is 50.9 Å². The second-order valence-electron chi connectivity index (χ2n) is 7.42. The van der Waals surface area contributed by atoms with Crippen LogP contribution in [-0.4, -0.2) is 75.3 Å². The Morgan fingerprint density at radius 1 is 1.07 bits per heavy atom. The van der Waals surface area contributed by atoms with E-state index in [9.17, 15) is 4.79 Å². The second-order valence-corrected chi connectivity index (χ2v) is 8.46. The van der Waals surface area contributed by atoms with Gasteiger partial charge in [-0.15, -0.1) is 10.2 Å². The van der Waals surface area contributed by atoms with Crippen molar-refractivity contribution in [2.24, 2.45) is 7.05 Å². The highest BCUT2D eigenvalue weighted by Crippen LogP contribution is 2.29. The molecule has 1 N–H and O–H groups in total. The van der Waals surface area contributed by atoms with Crippen molar-refractivity contribution in [3.05, 3.63) is 47.7 Å². The Hall–Kier alpha value is -2.46. The Kier molecular flexibility index (Phi) is 6.33. The molecule has 0 aliphatic carbocycles. The number of ketones is 1. The number of nitrogens with zero attached hydrogens (tertiary/aromatic N) is 5. The van der Waals surface area contributed by atoms with Gasteiger partial charge in [0.2, 0.25) is 0 Å². The minimum absolute atomic E-state index is 0.294. The molecule has 0 unspecified atom stereocenters. The van der Waals surface area contributed by atoms with Crippen LogP contribution in [0, 0.1) is 0 Å². The second kappa shape index (κ2) is 9.13. The number of piperazine rings is 1. The van der Waals surface area contributed by atoms with E-state index in [-0.39, 0.29) is 5.78 Å². The number of carbonyl (C=O) groups excluding carboxylic acids is 1. The number of furan rings is 1. The molecule has 0 atom stereocenters. The zero-order valence-electron chi connectivity index (χ0n) is 17.1. The third-order valence-corrected chi connectivity index (χ3v) is 6.27. The van der Waals surface area contributed by atoms with Crippen molar-refractivity contribution in [2.45, 2.75) is 16.6 Å². The average Bonchev–Trinajstić information content (AvgIpc) is 3.36. The molecule has 2 aromatic heterocycles. The maximum Gasteiger partial charge on any atom is 0.200 e. The molecule has 0 saturated carbocycles. The molecule has 3 heterocycles. The number of rotatable bonds is 7. The molecule has 30 heavy (non-hydrogen) atoms. The maximum absolute atomic E-state index is 11.5. The number of aromatic nitrogens is 3. The molecule has 1 aromatic carbocycles. The van der Waals surface area contributed by atoms with Crippen molar-refractivity contribution in [3.8, 4) is 11.6 Å². The van der Waals surface area contributed by atoms with E-state index in [1.807, 2.05) is 35.9 Å². The highest BCUT2D eigenvalue weighted by molar-refractivity contribution is 7.99. The predicted molar refractivity (Wildman–Crippen MR) is 113 cm³/mol. The predicted octanol–water partition coefficient (Wildman–Crippen LogP) is 2.15. The highest BCUT2D eigenvalue weighted by Gasteiger charge is 2.18. The van der Waals surface area contributed by atoms with E-state index in [0.717, 1.165) is 48.5 Å². The molecule has 0 radical (unpaired) electrons. The standard InChI is InChI=1S/C21H25N5O3S/c1-24-9-11-26(12-10-24)13-16-5-8-19(29-16)20-22-23-21(25(20)2)30-17-6-3-15(4-7-17)18(28)14-27/h3-8,27H,9-14H2,1-2H3. The van der Waals surface area contributed by atoms with Gasteiger partial charge in [-0.05, 0) is 43.1 Å². The molecule has 3 aromatic rings. The maximum atomic E-state index is 11.5. The van der Waals surface area contributed by atoms with Crippen molar-refractivity contribution in [1.29, 1.82) is 0 Å². The van der Waals surface area contributed by atoms with Crippen molar-refractivity contribution >= 4 is 17.5 Å². The molecular weight excluding hydrogens is 402 g/mol. The lowest BCUT2D eigenvalue weighted by Gasteiger charge is -2.31. The van der Waals surface area contributed by atoms with E-state index >= 15 is 0 Å². The van der Waals surface area contributed by atoms with Gasteiger partial charge in [-0.3, -0.25) is 9.69 Å². The SMILES string of the molecule is CN1CCN(Cc2ccc(-c3nnc(Sc4ccc(C(=O)CO)cc4)n3C)o2)CC1. The first-order chi connectivity index (χ1) is 14.5. The average molecular weight is 428 g/mol. The van der Waals surface area contributed by atoms with Crippen LogP contribution in [0.1, 0.15) is 16.1 Å². The number of hydrogen-bond acceptors (Lipinski definition) is 8. The lowest BCUT2D eigenvalue weighted by atomic mass is 10.1. The van der Waals surface area contributed by atoms with Gasteiger partial charge in [0.1, 0.15) is 12.4 Å². The van der Waals surface area contributed by atoms with Gasteiger partial charge in [-0.25, -0.2) is 0 Å². The molecular formula is C21H25N5O3S. The molecule has 1 aliphatic heterocycles. The largest absolute Gasteiger partial charge is 0.456 e. The van der Waals surface area contributed by atoms with E-state index < -0.39 is 6.61 Å². The number of hydrogen-bond donors (Lipinski definition) is 1. The molecule has 1 saturated heterocycles. The van der Waals surface area contributed by atoms with Crippen LogP contribution in [-0.2, 0) is 13.6 Å². The summed E-state index contributed by atoms with van der Waals surface area (Å²) in [4.78, 5) is 17.2. The van der Waals surface area contributed by atoms with Gasteiger partial charge < -0.3 is 19.0 Å². The molecule has 8 nitrogen and oxygen atoms in total. The quantitative estimate of drug-likeness (QED) is 0.574. The topological polar surface area (TPSA) is 87.6 Å². The minimum Gasteiger partial charge on any atom is -0.456 e. The van der Waals surface area contributed by atoms with Crippen molar-refractivity contribution in [1.82, 2.24) is 24.6 Å². The van der Waals surface area contributed by atoms with Crippen LogP contribution in [0.2, 0.25) is 0 Å². The normalized spacial score (nSPS) is 15.6. The Labute approximate surface area is 179 Å². The van der Waals surface area contributed by atoms with Gasteiger partial charge in [0.15, 0.2) is 22.5 Å². The van der Waals surface area contributed by atoms with Crippen LogP contribution in [0.25, 0.3) is 11.6 Å². The lowest BCUT2D eigenvalue weighted by Crippen LogP contribution is -2.43. The van der Waals surface area contributed by atoms with Gasteiger partial charge in [-0.2, -0.15) is 0 Å². The fourth-order valence-corrected chi connectivity index (χ4v) is 4.12. The van der Waals surface area contributed by atoms with E-state index in [1.165, 1.54) is 11.8 Å². The molecule has 9 heteroatoms. The summed E-state index contributed by atoms with van der Waals surface area (Å²) in [5, 5.41) is 18.3. The van der Waals surface area contributed by atoms with E-state index in [4.69, 9.17) is 9.52 Å². The molecule has 158 valence electrons. The van der Waals surface area contributed by atoms with E-state index in [2.05, 4.69) is 27.0 Å². The molecule has 0 bridgehead atoms. The van der Waals surface area contributed by atoms with Gasteiger partial charge >= 0.3 is 0 Å². The zero-order chi connectivity index (χ0) is 21.1. The summed E-state index contributed by atoms with van der Waals surface area (Å²) < 4.78 is 7.95. The summed E-state index contributed by atoms with van der Waals surface area (Å²) in [6.45, 7) is 4.55. The first kappa shape index (κ1) is 20.8. The Morgan fingerprint density at radius 3 is 2.50 bits per heavy atom. The van der Waals surface area contributed by atoms with E-state index in [0.29, 0.717) is 17.1 Å². The summed E-state index contributed by atoms with van der Waals surface area (Å²) >= 11 is 1.45. The third kappa shape index (κ3) is 4.65. The summed E-state index contributed by atoms with van der Waals surface area (Å²) in [6, 6.07) is 11.0. The summed E-state index contributed by atoms with van der Waals surface area (Å²) in [5.74, 6) is 2.01. The molecule has 1 aliphatic rings. The zero-order valence-corrected chi connectivity index (χ0v) is 17.9. The smallest absolute Gasteiger partial charge is 0.200 e. The Morgan fingerprint density at radius 2 is 1.80 bits per heavy atom. The van der Waals surface area contributed by atoms with Crippen molar-refractivity contribution < 1.29 is 14.3 Å². The number of carbonyl (C=O) groups is 1. The summed E-state index contributed by atoms with van der Waals surface area (Å²) in [7, 11) is 4.05. The summed E-state index contributed by atoms with van der Waals surface area (Å²) in [5.41, 5.74) is 0.490. The fraction of sp³-hybridized carbons (Fsp3) is 0.381. The molecule has 1 fully saturated rings. The Balaban J connectivity index is 1.43. The lowest BCUT2D eigenvalue weighted by molar-refractivity contribution is 0.0903. The van der Waals surface area contributed by atoms with Crippen LogP contribution in [0.5, 0.6) is 0 Å². The number of aliphatic hydroxyl groups is 1. The first-order valence-corrected chi connectivity index (χ1v) is 10.7. The third-order valence-electron chi connectivity index (χ3n) is 5.22. The van der Waals surface area contributed by atoms with Gasteiger partial charge in [0.25, 0.3) is 0 Å². The first-order valence-electron chi connectivity index (χ1n) is 9.85. The van der Waals surface area contributed by atoms with Gasteiger partial charge in [0, 0.05) is 43.7 Å². The van der Waals surface area contributed by atoms with Crippen LogP contribution >= 0.6 is 11.8 Å². The van der Waals surface area contributed by atoms with Crippen LogP contribution in [0.3, 0.4) is 0 Å². The fourth-order valence-electron chi connectivity index (χ4n) is 3.33. The molecule has 0 spiro atoms. The van der Waals surface area contributed by atoms with Crippen LogP contribution < -0.4 is 0 Å². The van der Waals surface area contributed by atoms with Crippen molar-refractivity contribution in [2.75, 3.05) is 39.8 Å². The number of benzene rings is 1. The minimum atomic E-state index is -0.487. The van der Waals surface area contributed by atoms with Gasteiger partial charge in [0.05, 0.1) is 6.54 Å². The summed E-state index contributed by atoms with van der Waals surface area (Å²) in [6.07, 6.45) is 0. The monoisotopic (exact) mass is 427 g/mol. The molecule has 0 amide bonds. The van der Waals surface area contributed by atoms with Gasteiger partial charge in [-0.1, -0.05) is 12.1 Å². The highest BCUT2D eigenvalue weighted by atomic mass is 32.2. The number of aliphatic hydroxyl groups excluding tert-OH is 1.